The molecule has 0 aromatic carbocycles. The van der Waals surface area contributed by atoms with E-state index in [0.29, 0.717) is 18.1 Å². The first-order valence-electron chi connectivity index (χ1n) is 6.98. The van der Waals surface area contributed by atoms with Gasteiger partial charge in [0.2, 0.25) is 0 Å². The van der Waals surface area contributed by atoms with Crippen molar-refractivity contribution in [3.8, 4) is 0 Å². The van der Waals surface area contributed by atoms with Crippen molar-refractivity contribution in [2.45, 2.75) is 77.7 Å². The molecule has 0 bridgehead atoms. The second-order valence-electron chi connectivity index (χ2n) is 7.21. The molecule has 2 nitrogen and oxygen atoms in total. The minimum absolute atomic E-state index is 0.360. The Kier molecular flexibility index (Phi) is 5.03. The summed E-state index contributed by atoms with van der Waals surface area (Å²) in [6.07, 6.45) is 4.41. The Morgan fingerprint density at radius 2 is 1.41 bits per heavy atom. The first kappa shape index (κ1) is 15.4. The quantitative estimate of drug-likeness (QED) is 0.698. The Bertz CT molecular complexity index is 243. The zero-order valence-electron chi connectivity index (χ0n) is 12.7. The molecule has 1 aliphatic carbocycles. The molecular formula is C13H30O2Si2. The number of rotatable bonds is 5. The molecule has 0 saturated heterocycles. The van der Waals surface area contributed by atoms with Crippen LogP contribution in [0, 0.1) is 5.92 Å². The SMILES string of the molecule is CCC1CCC(O[Si](C)(C)C)C1O[Si](C)(C)C. The molecule has 4 heteroatoms. The first-order valence-corrected chi connectivity index (χ1v) is 13.8. The minimum Gasteiger partial charge on any atom is -0.412 e. The average molecular weight is 275 g/mol. The maximum Gasteiger partial charge on any atom is 0.184 e. The molecule has 17 heavy (non-hydrogen) atoms. The van der Waals surface area contributed by atoms with Crippen molar-refractivity contribution < 1.29 is 8.85 Å². The summed E-state index contributed by atoms with van der Waals surface area (Å²) in [7, 11) is -2.91. The predicted octanol–water partition coefficient (Wildman–Crippen LogP) is 4.25. The summed E-state index contributed by atoms with van der Waals surface area (Å²) in [5, 5.41) is 0. The minimum atomic E-state index is -1.46. The van der Waals surface area contributed by atoms with Crippen LogP contribution >= 0.6 is 0 Å². The topological polar surface area (TPSA) is 18.5 Å². The molecule has 1 fully saturated rings. The van der Waals surface area contributed by atoms with E-state index in [1.165, 1.54) is 19.3 Å². The van der Waals surface area contributed by atoms with Crippen LogP contribution in [0.3, 0.4) is 0 Å². The van der Waals surface area contributed by atoms with Crippen LogP contribution in [0.4, 0.5) is 0 Å². The standard InChI is InChI=1S/C13H30O2Si2/c1-8-11-9-10-12(14-16(2,3)4)13(11)15-17(5,6)7/h11-13H,8-10H2,1-7H3. The molecule has 3 unspecified atom stereocenters. The Labute approximate surface area is 109 Å². The second kappa shape index (κ2) is 5.55. The van der Waals surface area contributed by atoms with Gasteiger partial charge in [-0.05, 0) is 58.0 Å². The van der Waals surface area contributed by atoms with Crippen molar-refractivity contribution in [3.05, 3.63) is 0 Å². The largest absolute Gasteiger partial charge is 0.412 e. The lowest BCUT2D eigenvalue weighted by atomic mass is 10.0. The molecule has 0 aromatic rings. The first-order chi connectivity index (χ1) is 7.62. The van der Waals surface area contributed by atoms with Crippen molar-refractivity contribution >= 4 is 16.6 Å². The van der Waals surface area contributed by atoms with Gasteiger partial charge in [-0.3, -0.25) is 0 Å². The third-order valence-electron chi connectivity index (χ3n) is 3.17. The van der Waals surface area contributed by atoms with Gasteiger partial charge in [0.1, 0.15) is 0 Å². The molecule has 0 spiro atoms. The highest BCUT2D eigenvalue weighted by molar-refractivity contribution is 6.70. The smallest absolute Gasteiger partial charge is 0.184 e. The van der Waals surface area contributed by atoms with E-state index in [1.807, 2.05) is 0 Å². The fourth-order valence-corrected chi connectivity index (χ4v) is 4.93. The summed E-state index contributed by atoms with van der Waals surface area (Å²) in [6.45, 7) is 16.0. The molecule has 1 aliphatic rings. The fourth-order valence-electron chi connectivity index (χ4n) is 2.61. The van der Waals surface area contributed by atoms with Crippen LogP contribution in [0.5, 0.6) is 0 Å². The molecule has 0 radical (unpaired) electrons. The molecule has 0 aromatic heterocycles. The van der Waals surface area contributed by atoms with Crippen molar-refractivity contribution in [3.63, 3.8) is 0 Å². The highest BCUT2D eigenvalue weighted by Crippen LogP contribution is 2.36. The van der Waals surface area contributed by atoms with Crippen LogP contribution in [0.1, 0.15) is 26.2 Å². The molecular weight excluding hydrogens is 244 g/mol. The lowest BCUT2D eigenvalue weighted by Crippen LogP contribution is -2.44. The molecule has 0 heterocycles. The van der Waals surface area contributed by atoms with Gasteiger partial charge in [-0.25, -0.2) is 0 Å². The molecule has 102 valence electrons. The molecule has 1 rings (SSSR count). The third kappa shape index (κ3) is 5.24. The Morgan fingerprint density at radius 1 is 0.882 bits per heavy atom. The maximum absolute atomic E-state index is 6.40. The summed E-state index contributed by atoms with van der Waals surface area (Å²) in [4.78, 5) is 0. The Hall–Kier alpha value is 0.354. The second-order valence-corrected chi connectivity index (χ2v) is 16.1. The van der Waals surface area contributed by atoms with Crippen LogP contribution in [0.15, 0.2) is 0 Å². The highest BCUT2D eigenvalue weighted by atomic mass is 28.4. The zero-order chi connectivity index (χ0) is 13.3. The summed E-state index contributed by atoms with van der Waals surface area (Å²) < 4.78 is 12.7. The Balaban J connectivity index is 2.69. The van der Waals surface area contributed by atoms with E-state index < -0.39 is 16.6 Å². The molecule has 1 saturated carbocycles. The van der Waals surface area contributed by atoms with E-state index in [1.54, 1.807) is 0 Å². The van der Waals surface area contributed by atoms with E-state index in [4.69, 9.17) is 8.85 Å². The van der Waals surface area contributed by atoms with Gasteiger partial charge in [-0.2, -0.15) is 0 Å². The highest BCUT2D eigenvalue weighted by Gasteiger charge is 2.40. The van der Waals surface area contributed by atoms with Crippen LogP contribution in [0.2, 0.25) is 39.3 Å². The molecule has 3 atom stereocenters. The third-order valence-corrected chi connectivity index (χ3v) is 5.16. The summed E-state index contributed by atoms with van der Waals surface area (Å²) in [5.41, 5.74) is 0. The van der Waals surface area contributed by atoms with Crippen LogP contribution < -0.4 is 0 Å². The van der Waals surface area contributed by atoms with Crippen molar-refractivity contribution in [2.24, 2.45) is 5.92 Å². The van der Waals surface area contributed by atoms with E-state index in [0.717, 1.165) is 0 Å². The lowest BCUT2D eigenvalue weighted by molar-refractivity contribution is 0.0432. The monoisotopic (exact) mass is 274 g/mol. The van der Waals surface area contributed by atoms with Gasteiger partial charge in [-0.15, -0.1) is 0 Å². The lowest BCUT2D eigenvalue weighted by Gasteiger charge is -2.34. The molecule has 0 aliphatic heterocycles. The van der Waals surface area contributed by atoms with E-state index in [9.17, 15) is 0 Å². The fraction of sp³-hybridized carbons (Fsp3) is 1.00. The van der Waals surface area contributed by atoms with E-state index in [2.05, 4.69) is 46.2 Å². The van der Waals surface area contributed by atoms with Crippen molar-refractivity contribution in [1.29, 1.82) is 0 Å². The van der Waals surface area contributed by atoms with E-state index >= 15 is 0 Å². The summed E-state index contributed by atoms with van der Waals surface area (Å²) >= 11 is 0. The zero-order valence-corrected chi connectivity index (χ0v) is 14.7. The van der Waals surface area contributed by atoms with Gasteiger partial charge in [0.25, 0.3) is 0 Å². The van der Waals surface area contributed by atoms with Crippen LogP contribution in [0.25, 0.3) is 0 Å². The number of hydrogen-bond acceptors (Lipinski definition) is 2. The van der Waals surface area contributed by atoms with Gasteiger partial charge >= 0.3 is 0 Å². The van der Waals surface area contributed by atoms with Crippen molar-refractivity contribution in [1.82, 2.24) is 0 Å². The van der Waals surface area contributed by atoms with Crippen LogP contribution in [-0.4, -0.2) is 28.8 Å². The summed E-state index contributed by atoms with van der Waals surface area (Å²) in [5.74, 6) is 0.711. The van der Waals surface area contributed by atoms with Gasteiger partial charge in [-0.1, -0.05) is 13.3 Å². The van der Waals surface area contributed by atoms with Gasteiger partial charge in [0, 0.05) is 0 Å². The maximum atomic E-state index is 6.40. The van der Waals surface area contributed by atoms with E-state index in [-0.39, 0.29) is 0 Å². The summed E-state index contributed by atoms with van der Waals surface area (Å²) in [6, 6.07) is 0. The van der Waals surface area contributed by atoms with Gasteiger partial charge in [0.05, 0.1) is 12.2 Å². The Morgan fingerprint density at radius 3 is 1.82 bits per heavy atom. The van der Waals surface area contributed by atoms with Crippen LogP contribution in [-0.2, 0) is 8.85 Å². The predicted molar refractivity (Wildman–Crippen MR) is 79.5 cm³/mol. The van der Waals surface area contributed by atoms with Crippen molar-refractivity contribution in [2.75, 3.05) is 0 Å². The van der Waals surface area contributed by atoms with Gasteiger partial charge < -0.3 is 8.85 Å². The number of hydrogen-bond donors (Lipinski definition) is 0. The normalized spacial score (nSPS) is 30.9. The molecule has 0 amide bonds. The van der Waals surface area contributed by atoms with Gasteiger partial charge in [0.15, 0.2) is 16.6 Å². The average Bonchev–Trinajstić information content (AvgIpc) is 2.43. The molecule has 0 N–H and O–H groups in total.